The van der Waals surface area contributed by atoms with Gasteiger partial charge in [0.1, 0.15) is 5.58 Å². The summed E-state index contributed by atoms with van der Waals surface area (Å²) in [6, 6.07) is 5.29. The van der Waals surface area contributed by atoms with Crippen LogP contribution in [0.3, 0.4) is 0 Å². The summed E-state index contributed by atoms with van der Waals surface area (Å²) in [6.45, 7) is 2.04. The molecule has 1 saturated heterocycles. The first-order valence-electron chi connectivity index (χ1n) is 9.40. The van der Waals surface area contributed by atoms with Gasteiger partial charge < -0.3 is 18.8 Å². The molecule has 0 aliphatic carbocycles. The highest BCUT2D eigenvalue weighted by atomic mass is 32.2. The largest absolute Gasteiger partial charge is 0.464 e. The zero-order valence-corrected chi connectivity index (χ0v) is 17.4. The Morgan fingerprint density at radius 1 is 1.31 bits per heavy atom. The van der Waals surface area contributed by atoms with Gasteiger partial charge in [-0.15, -0.1) is 0 Å². The van der Waals surface area contributed by atoms with E-state index >= 15 is 0 Å². The SMILES string of the molecule is COCCN(C(=O)COC(=O)Cc1coc2cc(C)ccc12)[C@H]1CCS(=O)(=O)C1. The molecule has 0 spiro atoms. The van der Waals surface area contributed by atoms with Crippen molar-refractivity contribution in [2.45, 2.75) is 25.8 Å². The topological polar surface area (TPSA) is 103 Å². The molecule has 3 rings (SSSR count). The molecule has 0 bridgehead atoms. The Labute approximate surface area is 169 Å². The Morgan fingerprint density at radius 3 is 2.79 bits per heavy atom. The lowest BCUT2D eigenvalue weighted by molar-refractivity contribution is -0.152. The van der Waals surface area contributed by atoms with E-state index in [2.05, 4.69) is 0 Å². The summed E-state index contributed by atoms with van der Waals surface area (Å²) in [5.41, 5.74) is 2.43. The number of carbonyl (C=O) groups is 2. The maximum atomic E-state index is 12.6. The van der Waals surface area contributed by atoms with Gasteiger partial charge in [-0.25, -0.2) is 8.42 Å². The van der Waals surface area contributed by atoms with Crippen LogP contribution in [0.5, 0.6) is 0 Å². The van der Waals surface area contributed by atoms with Crippen molar-refractivity contribution in [3.8, 4) is 0 Å². The second kappa shape index (κ2) is 8.96. The summed E-state index contributed by atoms with van der Waals surface area (Å²) >= 11 is 0. The van der Waals surface area contributed by atoms with E-state index in [1.807, 2.05) is 25.1 Å². The third-order valence-corrected chi connectivity index (χ3v) is 6.76. The quantitative estimate of drug-likeness (QED) is 0.593. The number of hydrogen-bond donors (Lipinski definition) is 0. The van der Waals surface area contributed by atoms with Crippen LogP contribution in [0.15, 0.2) is 28.9 Å². The Kier molecular flexibility index (Phi) is 6.59. The van der Waals surface area contributed by atoms with Gasteiger partial charge >= 0.3 is 5.97 Å². The van der Waals surface area contributed by atoms with Crippen LogP contribution in [0.2, 0.25) is 0 Å². The van der Waals surface area contributed by atoms with Crippen molar-refractivity contribution in [3.05, 3.63) is 35.6 Å². The Balaban J connectivity index is 1.59. The molecule has 0 radical (unpaired) electrons. The van der Waals surface area contributed by atoms with Crippen LogP contribution < -0.4 is 0 Å². The van der Waals surface area contributed by atoms with Gasteiger partial charge in [0, 0.05) is 30.6 Å². The molecule has 0 unspecified atom stereocenters. The smallest absolute Gasteiger partial charge is 0.310 e. The Bertz CT molecular complexity index is 995. The van der Waals surface area contributed by atoms with Gasteiger partial charge in [-0.1, -0.05) is 12.1 Å². The van der Waals surface area contributed by atoms with E-state index in [1.165, 1.54) is 18.3 Å². The van der Waals surface area contributed by atoms with Crippen LogP contribution in [0, 0.1) is 6.92 Å². The number of sulfone groups is 1. The molecule has 2 aromatic rings. The molecule has 2 heterocycles. The number of aryl methyl sites for hydroxylation is 1. The molecule has 1 fully saturated rings. The van der Waals surface area contributed by atoms with Crippen molar-refractivity contribution >= 4 is 32.7 Å². The number of amides is 1. The number of furan rings is 1. The van der Waals surface area contributed by atoms with E-state index in [4.69, 9.17) is 13.9 Å². The van der Waals surface area contributed by atoms with Gasteiger partial charge in [0.15, 0.2) is 16.4 Å². The van der Waals surface area contributed by atoms with Gasteiger partial charge in [0.2, 0.25) is 0 Å². The van der Waals surface area contributed by atoms with E-state index in [1.54, 1.807) is 0 Å². The van der Waals surface area contributed by atoms with Crippen LogP contribution in [0.25, 0.3) is 11.0 Å². The van der Waals surface area contributed by atoms with Gasteiger partial charge in [-0.2, -0.15) is 0 Å². The lowest BCUT2D eigenvalue weighted by Gasteiger charge is -2.27. The number of ether oxygens (including phenoxy) is 2. The highest BCUT2D eigenvalue weighted by Gasteiger charge is 2.34. The van der Waals surface area contributed by atoms with Crippen LogP contribution in [-0.4, -0.2) is 69.6 Å². The monoisotopic (exact) mass is 423 g/mol. The highest BCUT2D eigenvalue weighted by molar-refractivity contribution is 7.91. The predicted octanol–water partition coefficient (Wildman–Crippen LogP) is 1.49. The number of carbonyl (C=O) groups excluding carboxylic acids is 2. The van der Waals surface area contributed by atoms with Crippen molar-refractivity contribution in [3.63, 3.8) is 0 Å². The summed E-state index contributed by atoms with van der Waals surface area (Å²) in [7, 11) is -1.64. The fourth-order valence-corrected chi connectivity index (χ4v) is 5.21. The second-order valence-corrected chi connectivity index (χ2v) is 9.46. The van der Waals surface area contributed by atoms with Crippen LogP contribution in [0.4, 0.5) is 0 Å². The average Bonchev–Trinajstić information content (AvgIpc) is 3.22. The normalized spacial score (nSPS) is 18.1. The summed E-state index contributed by atoms with van der Waals surface area (Å²) in [6.07, 6.45) is 1.88. The summed E-state index contributed by atoms with van der Waals surface area (Å²) < 4.78 is 39.2. The number of benzene rings is 1. The number of rotatable bonds is 8. The fourth-order valence-electron chi connectivity index (χ4n) is 3.48. The van der Waals surface area contributed by atoms with E-state index < -0.39 is 34.4 Å². The van der Waals surface area contributed by atoms with E-state index in [0.717, 1.165) is 10.9 Å². The first-order chi connectivity index (χ1) is 13.8. The van der Waals surface area contributed by atoms with Crippen molar-refractivity contribution in [1.29, 1.82) is 0 Å². The molecule has 1 aliphatic rings. The summed E-state index contributed by atoms with van der Waals surface area (Å²) in [5.74, 6) is -0.990. The third kappa shape index (κ3) is 5.36. The zero-order chi connectivity index (χ0) is 21.0. The minimum Gasteiger partial charge on any atom is -0.464 e. The number of hydrogen-bond acceptors (Lipinski definition) is 7. The standard InChI is InChI=1S/C20H25NO7S/c1-14-3-4-17-15(11-27-18(17)9-14)10-20(23)28-12-19(22)21(6-7-26-2)16-5-8-29(24,25)13-16/h3-4,9,11,16H,5-8,10,12-13H2,1-2H3/t16-/m0/s1. The molecule has 1 aromatic heterocycles. The molecule has 1 aliphatic heterocycles. The van der Waals surface area contributed by atoms with Gasteiger partial charge in [-0.3, -0.25) is 9.59 Å². The second-order valence-electron chi connectivity index (χ2n) is 7.23. The minimum atomic E-state index is -3.14. The maximum Gasteiger partial charge on any atom is 0.310 e. The van der Waals surface area contributed by atoms with Gasteiger partial charge in [0.05, 0.1) is 30.8 Å². The number of esters is 1. The predicted molar refractivity (Wildman–Crippen MR) is 106 cm³/mol. The molecule has 1 aromatic carbocycles. The number of methoxy groups -OCH3 is 1. The third-order valence-electron chi connectivity index (χ3n) is 5.01. The van der Waals surface area contributed by atoms with E-state index in [0.29, 0.717) is 17.6 Å². The van der Waals surface area contributed by atoms with Crippen molar-refractivity contribution < 1.29 is 31.9 Å². The fraction of sp³-hybridized carbons (Fsp3) is 0.500. The number of nitrogens with zero attached hydrogens (tertiary/aromatic N) is 1. The molecular formula is C20H25NO7S. The van der Waals surface area contributed by atoms with Crippen LogP contribution >= 0.6 is 0 Å². The van der Waals surface area contributed by atoms with Gasteiger partial charge in [-0.05, 0) is 25.0 Å². The molecular weight excluding hydrogens is 398 g/mol. The summed E-state index contributed by atoms with van der Waals surface area (Å²) in [5, 5.41) is 0.830. The zero-order valence-electron chi connectivity index (χ0n) is 16.5. The molecule has 0 N–H and O–H groups in total. The van der Waals surface area contributed by atoms with Crippen molar-refractivity contribution in [1.82, 2.24) is 4.90 Å². The van der Waals surface area contributed by atoms with Crippen LogP contribution in [0.1, 0.15) is 17.5 Å². The van der Waals surface area contributed by atoms with Crippen LogP contribution in [-0.2, 0) is 35.3 Å². The molecule has 158 valence electrons. The minimum absolute atomic E-state index is 0.0147. The number of fused-ring (bicyclic) bond motifs is 1. The lowest BCUT2D eigenvalue weighted by atomic mass is 10.1. The first kappa shape index (κ1) is 21.3. The molecule has 9 heteroatoms. The van der Waals surface area contributed by atoms with Crippen molar-refractivity contribution in [2.75, 3.05) is 38.4 Å². The molecule has 1 amide bonds. The van der Waals surface area contributed by atoms with E-state index in [9.17, 15) is 18.0 Å². The van der Waals surface area contributed by atoms with E-state index in [-0.39, 0.29) is 31.1 Å². The average molecular weight is 423 g/mol. The maximum absolute atomic E-state index is 12.6. The van der Waals surface area contributed by atoms with Crippen molar-refractivity contribution in [2.24, 2.45) is 0 Å². The molecule has 29 heavy (non-hydrogen) atoms. The molecule has 0 saturated carbocycles. The Morgan fingerprint density at radius 2 is 2.10 bits per heavy atom. The first-order valence-corrected chi connectivity index (χ1v) is 11.2. The lowest BCUT2D eigenvalue weighted by Crippen LogP contribution is -2.45. The summed E-state index contributed by atoms with van der Waals surface area (Å²) in [4.78, 5) is 26.3. The highest BCUT2D eigenvalue weighted by Crippen LogP contribution is 2.23. The molecule has 8 nitrogen and oxygen atoms in total. The van der Waals surface area contributed by atoms with Gasteiger partial charge in [0.25, 0.3) is 5.91 Å². The Hall–Kier alpha value is -2.39. The molecule has 1 atom stereocenters.